The standard InChI is InChI=1S/C16H19NO3/c18-10-9-17-16(20)13-7-5-12(6-8-13)11-14-3-1-2-4-15(14)19/h3,5-8,18H,1-2,4,9-11H2,(H,17,20). The molecule has 0 heterocycles. The number of rotatable bonds is 5. The SMILES string of the molecule is O=C1CCCC=C1Cc1ccc(C(=O)NCCO)cc1. The zero-order valence-electron chi connectivity index (χ0n) is 11.4. The molecule has 1 aliphatic carbocycles. The Labute approximate surface area is 118 Å². The van der Waals surface area contributed by atoms with Gasteiger partial charge in [0.2, 0.25) is 0 Å². The van der Waals surface area contributed by atoms with Gasteiger partial charge < -0.3 is 10.4 Å². The van der Waals surface area contributed by atoms with Crippen molar-refractivity contribution in [1.29, 1.82) is 0 Å². The van der Waals surface area contributed by atoms with Gasteiger partial charge in [0.05, 0.1) is 6.61 Å². The molecule has 1 amide bonds. The molecule has 0 unspecified atom stereocenters. The molecule has 0 aromatic heterocycles. The maximum absolute atomic E-state index is 11.7. The normalized spacial score (nSPS) is 14.8. The topological polar surface area (TPSA) is 66.4 Å². The Morgan fingerprint density at radius 2 is 2.00 bits per heavy atom. The molecule has 2 rings (SSSR count). The first-order chi connectivity index (χ1) is 9.70. The van der Waals surface area contributed by atoms with Crippen molar-refractivity contribution in [2.75, 3.05) is 13.2 Å². The number of carbonyl (C=O) groups excluding carboxylic acids is 2. The van der Waals surface area contributed by atoms with Crippen LogP contribution in [-0.4, -0.2) is 29.9 Å². The van der Waals surface area contributed by atoms with E-state index in [1.165, 1.54) is 0 Å². The second-order valence-electron chi connectivity index (χ2n) is 4.90. The summed E-state index contributed by atoms with van der Waals surface area (Å²) in [6.45, 7) is 0.183. The number of aliphatic hydroxyl groups excluding tert-OH is 1. The number of amides is 1. The lowest BCUT2D eigenvalue weighted by Gasteiger charge is -2.12. The summed E-state index contributed by atoms with van der Waals surface area (Å²) in [5.41, 5.74) is 2.48. The Hall–Kier alpha value is -1.94. The number of benzene rings is 1. The van der Waals surface area contributed by atoms with E-state index in [0.29, 0.717) is 18.4 Å². The molecule has 4 heteroatoms. The highest BCUT2D eigenvalue weighted by Crippen LogP contribution is 2.18. The molecule has 0 atom stereocenters. The largest absolute Gasteiger partial charge is 0.395 e. The molecule has 0 fully saturated rings. The minimum absolute atomic E-state index is 0.0694. The summed E-state index contributed by atoms with van der Waals surface area (Å²) in [6, 6.07) is 7.24. The molecule has 106 valence electrons. The van der Waals surface area contributed by atoms with Gasteiger partial charge in [-0.1, -0.05) is 18.2 Å². The highest BCUT2D eigenvalue weighted by Gasteiger charge is 2.14. The fourth-order valence-electron chi connectivity index (χ4n) is 2.25. The predicted molar refractivity (Wildman–Crippen MR) is 76.5 cm³/mol. The summed E-state index contributed by atoms with van der Waals surface area (Å²) in [4.78, 5) is 23.4. The smallest absolute Gasteiger partial charge is 0.251 e. The predicted octanol–water partition coefficient (Wildman–Crippen LogP) is 1.63. The number of allylic oxidation sites excluding steroid dienone is 2. The number of Topliss-reactive ketones (excluding diaryl/α,β-unsaturated/α-hetero) is 1. The monoisotopic (exact) mass is 273 g/mol. The summed E-state index contributed by atoms with van der Waals surface area (Å²) >= 11 is 0. The molecular weight excluding hydrogens is 254 g/mol. The van der Waals surface area contributed by atoms with Crippen LogP contribution in [0.25, 0.3) is 0 Å². The van der Waals surface area contributed by atoms with Crippen LogP contribution in [0.1, 0.15) is 35.2 Å². The Morgan fingerprint density at radius 1 is 1.25 bits per heavy atom. The average Bonchev–Trinajstić information content (AvgIpc) is 2.48. The second-order valence-corrected chi connectivity index (χ2v) is 4.90. The van der Waals surface area contributed by atoms with Crippen LogP contribution in [0.4, 0.5) is 0 Å². The first-order valence-electron chi connectivity index (χ1n) is 6.91. The quantitative estimate of drug-likeness (QED) is 0.857. The zero-order valence-corrected chi connectivity index (χ0v) is 11.4. The molecule has 0 saturated carbocycles. The van der Waals surface area contributed by atoms with Gasteiger partial charge in [-0.25, -0.2) is 0 Å². The van der Waals surface area contributed by atoms with E-state index >= 15 is 0 Å². The lowest BCUT2D eigenvalue weighted by molar-refractivity contribution is -0.116. The van der Waals surface area contributed by atoms with E-state index in [1.54, 1.807) is 12.1 Å². The van der Waals surface area contributed by atoms with E-state index in [1.807, 2.05) is 18.2 Å². The van der Waals surface area contributed by atoms with Gasteiger partial charge in [-0.05, 0) is 36.1 Å². The lowest BCUT2D eigenvalue weighted by Crippen LogP contribution is -2.26. The molecule has 0 aliphatic heterocycles. The van der Waals surface area contributed by atoms with E-state index in [0.717, 1.165) is 24.0 Å². The maximum Gasteiger partial charge on any atom is 0.251 e. The number of hydrogen-bond acceptors (Lipinski definition) is 3. The van der Waals surface area contributed by atoms with Crippen molar-refractivity contribution in [2.24, 2.45) is 0 Å². The second kappa shape index (κ2) is 7.01. The Morgan fingerprint density at radius 3 is 2.65 bits per heavy atom. The van der Waals surface area contributed by atoms with E-state index in [-0.39, 0.29) is 24.8 Å². The van der Waals surface area contributed by atoms with Crippen LogP contribution >= 0.6 is 0 Å². The van der Waals surface area contributed by atoms with Crippen molar-refractivity contribution in [3.8, 4) is 0 Å². The van der Waals surface area contributed by atoms with Crippen LogP contribution in [-0.2, 0) is 11.2 Å². The van der Waals surface area contributed by atoms with Gasteiger partial charge in [0.1, 0.15) is 0 Å². The molecule has 1 aliphatic rings. The lowest BCUT2D eigenvalue weighted by atomic mass is 9.93. The van der Waals surface area contributed by atoms with Crippen LogP contribution in [0.3, 0.4) is 0 Å². The van der Waals surface area contributed by atoms with Gasteiger partial charge >= 0.3 is 0 Å². The molecule has 0 radical (unpaired) electrons. The van der Waals surface area contributed by atoms with E-state index in [9.17, 15) is 9.59 Å². The maximum atomic E-state index is 11.7. The molecule has 1 aromatic carbocycles. The molecular formula is C16H19NO3. The molecule has 0 bridgehead atoms. The Kier molecular flexibility index (Phi) is 5.07. The van der Waals surface area contributed by atoms with Gasteiger partial charge in [-0.2, -0.15) is 0 Å². The van der Waals surface area contributed by atoms with Crippen molar-refractivity contribution in [1.82, 2.24) is 5.32 Å². The van der Waals surface area contributed by atoms with Gasteiger partial charge in [0.15, 0.2) is 5.78 Å². The summed E-state index contributed by atoms with van der Waals surface area (Å²) < 4.78 is 0. The third-order valence-electron chi connectivity index (χ3n) is 3.36. The fourth-order valence-corrected chi connectivity index (χ4v) is 2.25. The minimum Gasteiger partial charge on any atom is -0.395 e. The van der Waals surface area contributed by atoms with Crippen molar-refractivity contribution in [3.05, 3.63) is 47.0 Å². The molecule has 0 saturated heterocycles. The van der Waals surface area contributed by atoms with Crippen LogP contribution in [0, 0.1) is 0 Å². The van der Waals surface area contributed by atoms with E-state index < -0.39 is 0 Å². The van der Waals surface area contributed by atoms with Gasteiger partial charge in [0, 0.05) is 24.9 Å². The highest BCUT2D eigenvalue weighted by atomic mass is 16.3. The first kappa shape index (κ1) is 14.5. The van der Waals surface area contributed by atoms with Gasteiger partial charge in [-0.15, -0.1) is 0 Å². The average molecular weight is 273 g/mol. The number of aliphatic hydroxyl groups is 1. The highest BCUT2D eigenvalue weighted by molar-refractivity contribution is 5.96. The number of ketones is 1. The summed E-state index contributed by atoms with van der Waals surface area (Å²) in [6.07, 6.45) is 5.23. The van der Waals surface area contributed by atoms with Crippen LogP contribution in [0.5, 0.6) is 0 Å². The number of carbonyl (C=O) groups is 2. The van der Waals surface area contributed by atoms with Crippen LogP contribution in [0.15, 0.2) is 35.9 Å². The Bertz CT molecular complexity index is 517. The van der Waals surface area contributed by atoms with Gasteiger partial charge in [0.25, 0.3) is 5.91 Å². The molecule has 1 aromatic rings. The van der Waals surface area contributed by atoms with Crippen molar-refractivity contribution in [2.45, 2.75) is 25.7 Å². The zero-order chi connectivity index (χ0) is 14.4. The molecule has 0 spiro atoms. The van der Waals surface area contributed by atoms with E-state index in [4.69, 9.17) is 5.11 Å². The third kappa shape index (κ3) is 3.78. The molecule has 4 nitrogen and oxygen atoms in total. The van der Waals surface area contributed by atoms with Crippen molar-refractivity contribution >= 4 is 11.7 Å². The summed E-state index contributed by atoms with van der Waals surface area (Å²) in [5, 5.41) is 11.3. The van der Waals surface area contributed by atoms with Crippen molar-refractivity contribution < 1.29 is 14.7 Å². The number of hydrogen-bond donors (Lipinski definition) is 2. The van der Waals surface area contributed by atoms with Crippen molar-refractivity contribution in [3.63, 3.8) is 0 Å². The van der Waals surface area contributed by atoms with Crippen LogP contribution < -0.4 is 5.32 Å². The fraction of sp³-hybridized carbons (Fsp3) is 0.375. The third-order valence-corrected chi connectivity index (χ3v) is 3.36. The van der Waals surface area contributed by atoms with E-state index in [2.05, 4.69) is 5.32 Å². The van der Waals surface area contributed by atoms with Gasteiger partial charge in [-0.3, -0.25) is 9.59 Å². The number of nitrogens with one attached hydrogen (secondary N) is 1. The summed E-state index contributed by atoms with van der Waals surface area (Å²) in [7, 11) is 0. The minimum atomic E-state index is -0.196. The molecule has 2 N–H and O–H groups in total. The summed E-state index contributed by atoms with van der Waals surface area (Å²) in [5.74, 6) is 0.0413. The first-order valence-corrected chi connectivity index (χ1v) is 6.91. The Balaban J connectivity index is 1.99. The van der Waals surface area contributed by atoms with Crippen LogP contribution in [0.2, 0.25) is 0 Å². The molecule has 20 heavy (non-hydrogen) atoms.